The van der Waals surface area contributed by atoms with Gasteiger partial charge in [0.2, 0.25) is 5.70 Å². The van der Waals surface area contributed by atoms with Gasteiger partial charge in [0, 0.05) is 18.1 Å². The highest BCUT2D eigenvalue weighted by molar-refractivity contribution is 5.54. The maximum atomic E-state index is 10.6. The Kier molecular flexibility index (Phi) is 3.01. The van der Waals surface area contributed by atoms with Gasteiger partial charge in [-0.25, -0.2) is 0 Å². The molecule has 0 bridgehead atoms. The third kappa shape index (κ3) is 1.99. The first-order valence-corrected chi connectivity index (χ1v) is 4.34. The quantitative estimate of drug-likeness (QED) is 0.549. The van der Waals surface area contributed by atoms with Crippen LogP contribution in [0.4, 0.5) is 0 Å². The molecule has 0 saturated carbocycles. The fourth-order valence-corrected chi connectivity index (χ4v) is 1.15. The summed E-state index contributed by atoms with van der Waals surface area (Å²) in [7, 11) is 0. The van der Waals surface area contributed by atoms with Crippen LogP contribution in [0.1, 0.15) is 30.4 Å². The molecule has 0 aromatic carbocycles. The number of rotatable bonds is 3. The van der Waals surface area contributed by atoms with Crippen molar-refractivity contribution in [2.24, 2.45) is 0 Å². The number of nitrogens with zero attached hydrogens (tertiary/aromatic N) is 2. The molecule has 0 saturated heterocycles. The van der Waals surface area contributed by atoms with E-state index in [-0.39, 0.29) is 10.6 Å². The lowest BCUT2D eigenvalue weighted by molar-refractivity contribution is -0.425. The molecule has 0 unspecified atom stereocenters. The van der Waals surface area contributed by atoms with E-state index in [1.165, 1.54) is 6.08 Å². The van der Waals surface area contributed by atoms with Crippen molar-refractivity contribution in [1.29, 1.82) is 0 Å². The fourth-order valence-electron chi connectivity index (χ4n) is 1.15. The molecule has 0 amide bonds. The molecule has 0 atom stereocenters. The summed E-state index contributed by atoms with van der Waals surface area (Å²) in [5.74, 6) is 0.607. The minimum atomic E-state index is -0.383. The zero-order valence-electron chi connectivity index (χ0n) is 8.40. The first-order chi connectivity index (χ1) is 6.56. The molecular weight excluding hydrogens is 184 g/mol. The SMILES string of the molecule is CCC(=Cc1c(C)noc1C)[N+](=O)[O-]. The summed E-state index contributed by atoms with van der Waals surface area (Å²) in [5, 5.41) is 14.3. The summed E-state index contributed by atoms with van der Waals surface area (Å²) < 4.78 is 4.90. The van der Waals surface area contributed by atoms with E-state index in [0.29, 0.717) is 23.4 Å². The van der Waals surface area contributed by atoms with Gasteiger partial charge < -0.3 is 4.52 Å². The molecular formula is C9H12N2O3. The van der Waals surface area contributed by atoms with Crippen molar-refractivity contribution in [3.8, 4) is 0 Å². The maximum absolute atomic E-state index is 10.6. The van der Waals surface area contributed by atoms with E-state index in [1.807, 2.05) is 0 Å². The Morgan fingerprint density at radius 2 is 2.29 bits per heavy atom. The Hall–Kier alpha value is -1.65. The molecule has 0 aliphatic heterocycles. The second-order valence-electron chi connectivity index (χ2n) is 2.98. The minimum absolute atomic E-state index is 0.166. The highest BCUT2D eigenvalue weighted by atomic mass is 16.6. The van der Waals surface area contributed by atoms with E-state index in [1.54, 1.807) is 20.8 Å². The van der Waals surface area contributed by atoms with Gasteiger partial charge in [0.25, 0.3) is 0 Å². The predicted octanol–water partition coefficient (Wildman–Crippen LogP) is 2.32. The first-order valence-electron chi connectivity index (χ1n) is 4.34. The normalized spacial score (nSPS) is 11.8. The molecule has 14 heavy (non-hydrogen) atoms. The van der Waals surface area contributed by atoms with E-state index < -0.39 is 0 Å². The molecule has 5 heteroatoms. The molecule has 0 N–H and O–H groups in total. The molecule has 0 radical (unpaired) electrons. The molecule has 1 aromatic rings. The van der Waals surface area contributed by atoms with Crippen LogP contribution in [-0.2, 0) is 0 Å². The van der Waals surface area contributed by atoms with Crippen molar-refractivity contribution >= 4 is 6.08 Å². The van der Waals surface area contributed by atoms with E-state index >= 15 is 0 Å². The van der Waals surface area contributed by atoms with Crippen molar-refractivity contribution in [3.63, 3.8) is 0 Å². The van der Waals surface area contributed by atoms with Crippen molar-refractivity contribution < 1.29 is 9.45 Å². The van der Waals surface area contributed by atoms with E-state index in [2.05, 4.69) is 5.16 Å². The third-order valence-corrected chi connectivity index (χ3v) is 2.00. The molecule has 0 aliphatic carbocycles. The van der Waals surface area contributed by atoms with Crippen molar-refractivity contribution in [2.75, 3.05) is 0 Å². The van der Waals surface area contributed by atoms with Crippen molar-refractivity contribution in [2.45, 2.75) is 27.2 Å². The van der Waals surface area contributed by atoms with Gasteiger partial charge in [-0.1, -0.05) is 12.1 Å². The molecule has 0 aliphatic rings. The van der Waals surface area contributed by atoms with E-state index in [4.69, 9.17) is 4.52 Å². The summed E-state index contributed by atoms with van der Waals surface area (Å²) in [6, 6.07) is 0. The lowest BCUT2D eigenvalue weighted by atomic mass is 10.1. The largest absolute Gasteiger partial charge is 0.361 e. The minimum Gasteiger partial charge on any atom is -0.361 e. The summed E-state index contributed by atoms with van der Waals surface area (Å²) >= 11 is 0. The van der Waals surface area contributed by atoms with Gasteiger partial charge in [0.1, 0.15) is 5.76 Å². The number of aromatic nitrogens is 1. The zero-order valence-corrected chi connectivity index (χ0v) is 8.40. The first kappa shape index (κ1) is 10.4. The summed E-state index contributed by atoms with van der Waals surface area (Å²) in [5.41, 5.74) is 1.55. The van der Waals surface area contributed by atoms with Crippen molar-refractivity contribution in [3.05, 3.63) is 32.8 Å². The summed E-state index contributed by atoms with van der Waals surface area (Å²) in [6.07, 6.45) is 1.90. The average molecular weight is 196 g/mol. The summed E-state index contributed by atoms with van der Waals surface area (Å²) in [4.78, 5) is 10.2. The molecule has 76 valence electrons. The van der Waals surface area contributed by atoms with E-state index in [9.17, 15) is 10.1 Å². The Bertz CT molecular complexity index is 360. The van der Waals surface area contributed by atoms with Crippen LogP contribution in [0, 0.1) is 24.0 Å². The molecule has 5 nitrogen and oxygen atoms in total. The van der Waals surface area contributed by atoms with Gasteiger partial charge in [0.15, 0.2) is 0 Å². The molecule has 1 heterocycles. The van der Waals surface area contributed by atoms with Crippen molar-refractivity contribution in [1.82, 2.24) is 5.16 Å². The lowest BCUT2D eigenvalue weighted by Gasteiger charge is -1.93. The highest BCUT2D eigenvalue weighted by Gasteiger charge is 2.12. The van der Waals surface area contributed by atoms with Gasteiger partial charge in [-0.05, 0) is 13.8 Å². The highest BCUT2D eigenvalue weighted by Crippen LogP contribution is 2.17. The van der Waals surface area contributed by atoms with Gasteiger partial charge in [0.05, 0.1) is 10.6 Å². The number of allylic oxidation sites excluding steroid dienone is 1. The smallest absolute Gasteiger partial charge is 0.246 e. The number of aryl methyl sites for hydroxylation is 2. The van der Waals surface area contributed by atoms with Crippen LogP contribution in [0.25, 0.3) is 6.08 Å². The monoisotopic (exact) mass is 196 g/mol. The number of hydrogen-bond acceptors (Lipinski definition) is 4. The Morgan fingerprint density at radius 1 is 1.64 bits per heavy atom. The van der Waals surface area contributed by atoms with Crippen LogP contribution < -0.4 is 0 Å². The molecule has 0 fully saturated rings. The molecule has 1 aromatic heterocycles. The van der Waals surface area contributed by atoms with Crippen LogP contribution in [0.3, 0.4) is 0 Å². The third-order valence-electron chi connectivity index (χ3n) is 2.00. The van der Waals surface area contributed by atoms with Crippen LogP contribution in [0.5, 0.6) is 0 Å². The van der Waals surface area contributed by atoms with Crippen LogP contribution in [0.15, 0.2) is 10.2 Å². The molecule has 1 rings (SSSR count). The van der Waals surface area contributed by atoms with Gasteiger partial charge in [-0.15, -0.1) is 0 Å². The Morgan fingerprint density at radius 3 is 2.64 bits per heavy atom. The number of hydrogen-bond donors (Lipinski definition) is 0. The predicted molar refractivity (Wildman–Crippen MR) is 51.2 cm³/mol. The maximum Gasteiger partial charge on any atom is 0.246 e. The van der Waals surface area contributed by atoms with Crippen LogP contribution >= 0.6 is 0 Å². The summed E-state index contributed by atoms with van der Waals surface area (Å²) in [6.45, 7) is 5.24. The zero-order chi connectivity index (χ0) is 10.7. The Balaban J connectivity index is 3.12. The average Bonchev–Trinajstić information content (AvgIpc) is 2.43. The second kappa shape index (κ2) is 4.04. The van der Waals surface area contributed by atoms with E-state index in [0.717, 1.165) is 0 Å². The van der Waals surface area contributed by atoms with Crippen LogP contribution in [0.2, 0.25) is 0 Å². The fraction of sp³-hybridized carbons (Fsp3) is 0.444. The number of nitro groups is 1. The van der Waals surface area contributed by atoms with Crippen LogP contribution in [-0.4, -0.2) is 10.1 Å². The standard InChI is InChI=1S/C9H12N2O3/c1-4-8(11(12)13)5-9-6(2)10-14-7(9)3/h5H,4H2,1-3H3. The van der Waals surface area contributed by atoms with Gasteiger partial charge in [-0.2, -0.15) is 0 Å². The van der Waals surface area contributed by atoms with Gasteiger partial charge in [-0.3, -0.25) is 10.1 Å². The Labute approximate surface area is 81.5 Å². The molecule has 0 spiro atoms. The second-order valence-corrected chi connectivity index (χ2v) is 2.98. The van der Waals surface area contributed by atoms with Gasteiger partial charge >= 0.3 is 0 Å². The topological polar surface area (TPSA) is 69.2 Å². The lowest BCUT2D eigenvalue weighted by Crippen LogP contribution is -1.97.